The van der Waals surface area contributed by atoms with Crippen LogP contribution in [0, 0.1) is 0 Å². The molecule has 1 aliphatic heterocycles. The molecule has 1 aliphatic rings. The molecule has 8 heteroatoms. The number of nitrogens with zero attached hydrogens (tertiary/aromatic N) is 2. The highest BCUT2D eigenvalue weighted by molar-refractivity contribution is 7.89. The molecule has 1 amide bonds. The Morgan fingerprint density at radius 3 is 2.85 bits per heavy atom. The number of benzene rings is 1. The van der Waals surface area contributed by atoms with Crippen molar-refractivity contribution in [2.45, 2.75) is 17.9 Å². The second-order valence-corrected chi connectivity index (χ2v) is 7.78. The van der Waals surface area contributed by atoms with Gasteiger partial charge < -0.3 is 9.64 Å². The first-order valence-electron chi connectivity index (χ1n) is 8.32. The molecule has 3 rings (SSSR count). The molecule has 0 unspecified atom stereocenters. The van der Waals surface area contributed by atoms with Crippen LogP contribution >= 0.6 is 0 Å². The van der Waals surface area contributed by atoms with Gasteiger partial charge in [-0.1, -0.05) is 12.1 Å². The highest BCUT2D eigenvalue weighted by Gasteiger charge is 2.24. The fraction of sp³-hybridized carbons (Fsp3) is 0.333. The third kappa shape index (κ3) is 4.09. The molecular formula is C18H21N3O4S. The number of hydrogen-bond donors (Lipinski definition) is 1. The number of pyridine rings is 1. The SMILES string of the molecule is COCCNS(=O)(=O)c1ccc2c(c1)CCN(C(=O)c1ccccn1)C2. The van der Waals surface area contributed by atoms with E-state index in [0.717, 1.165) is 11.1 Å². The van der Waals surface area contributed by atoms with Crippen LogP contribution in [0.1, 0.15) is 21.6 Å². The number of fused-ring (bicyclic) bond motifs is 1. The van der Waals surface area contributed by atoms with Crippen molar-refractivity contribution in [3.63, 3.8) is 0 Å². The van der Waals surface area contributed by atoms with Crippen molar-refractivity contribution in [2.24, 2.45) is 0 Å². The minimum atomic E-state index is -3.56. The van der Waals surface area contributed by atoms with Crippen LogP contribution in [0.25, 0.3) is 0 Å². The average molecular weight is 375 g/mol. The molecule has 2 aromatic rings. The van der Waals surface area contributed by atoms with E-state index in [-0.39, 0.29) is 17.3 Å². The zero-order valence-corrected chi connectivity index (χ0v) is 15.3. The first-order chi connectivity index (χ1) is 12.5. The number of sulfonamides is 1. The van der Waals surface area contributed by atoms with Gasteiger partial charge in [0.05, 0.1) is 11.5 Å². The molecule has 0 radical (unpaired) electrons. The maximum Gasteiger partial charge on any atom is 0.272 e. The van der Waals surface area contributed by atoms with Gasteiger partial charge in [-0.05, 0) is 41.8 Å². The number of nitrogens with one attached hydrogen (secondary N) is 1. The molecule has 0 spiro atoms. The molecule has 138 valence electrons. The number of aromatic nitrogens is 1. The summed E-state index contributed by atoms with van der Waals surface area (Å²) in [5.41, 5.74) is 2.32. The van der Waals surface area contributed by atoms with Crippen molar-refractivity contribution in [3.8, 4) is 0 Å². The molecule has 26 heavy (non-hydrogen) atoms. The van der Waals surface area contributed by atoms with Gasteiger partial charge >= 0.3 is 0 Å². The Kier molecular flexibility index (Phi) is 5.65. The molecule has 1 N–H and O–H groups in total. The van der Waals surface area contributed by atoms with Crippen molar-refractivity contribution in [3.05, 3.63) is 59.4 Å². The Morgan fingerprint density at radius 2 is 2.12 bits per heavy atom. The number of ether oxygens (including phenoxy) is 1. The molecule has 7 nitrogen and oxygen atoms in total. The molecule has 2 heterocycles. The summed E-state index contributed by atoms with van der Waals surface area (Å²) in [6.45, 7) is 1.52. The third-order valence-corrected chi connectivity index (χ3v) is 5.73. The lowest BCUT2D eigenvalue weighted by Gasteiger charge is -2.29. The van der Waals surface area contributed by atoms with Gasteiger partial charge in [0.15, 0.2) is 0 Å². The third-order valence-electron chi connectivity index (χ3n) is 4.27. The van der Waals surface area contributed by atoms with E-state index >= 15 is 0 Å². The molecular weight excluding hydrogens is 354 g/mol. The predicted octanol–water partition coefficient (Wildman–Crippen LogP) is 1.20. The van der Waals surface area contributed by atoms with E-state index in [0.29, 0.717) is 31.8 Å². The largest absolute Gasteiger partial charge is 0.383 e. The summed E-state index contributed by atoms with van der Waals surface area (Å²) in [5, 5.41) is 0. The lowest BCUT2D eigenvalue weighted by Crippen LogP contribution is -2.36. The first kappa shape index (κ1) is 18.5. The molecule has 0 atom stereocenters. The van der Waals surface area contributed by atoms with E-state index in [4.69, 9.17) is 4.74 Å². The number of carbonyl (C=O) groups excluding carboxylic acids is 1. The average Bonchev–Trinajstić information content (AvgIpc) is 2.67. The Morgan fingerprint density at radius 1 is 1.27 bits per heavy atom. The van der Waals surface area contributed by atoms with E-state index < -0.39 is 10.0 Å². The van der Waals surface area contributed by atoms with Crippen molar-refractivity contribution < 1.29 is 17.9 Å². The topological polar surface area (TPSA) is 88.6 Å². The van der Waals surface area contributed by atoms with Crippen LogP contribution in [-0.2, 0) is 27.7 Å². The van der Waals surface area contributed by atoms with Gasteiger partial charge in [-0.15, -0.1) is 0 Å². The monoisotopic (exact) mass is 375 g/mol. The molecule has 0 saturated heterocycles. The van der Waals surface area contributed by atoms with Gasteiger partial charge in [-0.3, -0.25) is 9.78 Å². The van der Waals surface area contributed by atoms with Gasteiger partial charge in [-0.25, -0.2) is 13.1 Å². The van der Waals surface area contributed by atoms with Crippen LogP contribution in [0.3, 0.4) is 0 Å². The summed E-state index contributed by atoms with van der Waals surface area (Å²) >= 11 is 0. The maximum absolute atomic E-state index is 12.5. The number of hydrogen-bond acceptors (Lipinski definition) is 5. The van der Waals surface area contributed by atoms with Crippen LogP contribution in [0.5, 0.6) is 0 Å². The van der Waals surface area contributed by atoms with Crippen molar-refractivity contribution in [1.29, 1.82) is 0 Å². The van der Waals surface area contributed by atoms with Crippen molar-refractivity contribution >= 4 is 15.9 Å². The highest BCUT2D eigenvalue weighted by atomic mass is 32.2. The van der Waals surface area contributed by atoms with Gasteiger partial charge in [0, 0.05) is 32.9 Å². The van der Waals surface area contributed by atoms with Gasteiger partial charge in [0.25, 0.3) is 5.91 Å². The number of rotatable bonds is 6. The van der Waals surface area contributed by atoms with Gasteiger partial charge in [0.2, 0.25) is 10.0 Å². The van der Waals surface area contributed by atoms with Gasteiger partial charge in [0.1, 0.15) is 5.69 Å². The Hall–Kier alpha value is -2.29. The van der Waals surface area contributed by atoms with Crippen LogP contribution in [0.4, 0.5) is 0 Å². The zero-order chi connectivity index (χ0) is 18.6. The van der Waals surface area contributed by atoms with Crippen LogP contribution < -0.4 is 4.72 Å². The minimum Gasteiger partial charge on any atom is -0.383 e. The van der Waals surface area contributed by atoms with Gasteiger partial charge in [-0.2, -0.15) is 0 Å². The van der Waals surface area contributed by atoms with E-state index in [1.54, 1.807) is 47.5 Å². The second-order valence-electron chi connectivity index (χ2n) is 6.01. The molecule has 0 aliphatic carbocycles. The molecule has 0 bridgehead atoms. The van der Waals surface area contributed by atoms with Crippen molar-refractivity contribution in [1.82, 2.24) is 14.6 Å². The molecule has 0 saturated carbocycles. The highest BCUT2D eigenvalue weighted by Crippen LogP contribution is 2.23. The first-order valence-corrected chi connectivity index (χ1v) is 9.80. The summed E-state index contributed by atoms with van der Waals surface area (Å²) in [4.78, 5) is 18.6. The lowest BCUT2D eigenvalue weighted by atomic mass is 9.99. The summed E-state index contributed by atoms with van der Waals surface area (Å²) in [6.07, 6.45) is 2.20. The number of amides is 1. The second kappa shape index (κ2) is 7.94. The van der Waals surface area contributed by atoms with Crippen LogP contribution in [-0.4, -0.2) is 51.0 Å². The standard InChI is InChI=1S/C18H21N3O4S/c1-25-11-9-20-26(23,24)16-6-5-15-13-21(10-7-14(15)12-16)18(22)17-4-2-3-8-19-17/h2-6,8,12,20H,7,9-11,13H2,1H3. The van der Waals surface area contributed by atoms with E-state index in [2.05, 4.69) is 9.71 Å². The summed E-state index contributed by atoms with van der Waals surface area (Å²) in [5.74, 6) is -0.116. The van der Waals surface area contributed by atoms with E-state index in [1.165, 1.54) is 7.11 Å². The Bertz CT molecular complexity index is 885. The van der Waals surface area contributed by atoms with E-state index in [9.17, 15) is 13.2 Å². The fourth-order valence-corrected chi connectivity index (χ4v) is 3.95. The molecule has 1 aromatic heterocycles. The lowest BCUT2D eigenvalue weighted by molar-refractivity contribution is 0.0728. The summed E-state index contributed by atoms with van der Waals surface area (Å²) < 4.78 is 32.0. The predicted molar refractivity (Wildman–Crippen MR) is 96.2 cm³/mol. The maximum atomic E-state index is 12.5. The molecule has 0 fully saturated rings. The van der Waals surface area contributed by atoms with Crippen LogP contribution in [0.15, 0.2) is 47.5 Å². The summed E-state index contributed by atoms with van der Waals surface area (Å²) in [6, 6.07) is 10.3. The quantitative estimate of drug-likeness (QED) is 0.767. The van der Waals surface area contributed by atoms with E-state index in [1.807, 2.05) is 0 Å². The Labute approximate surface area is 153 Å². The molecule has 1 aromatic carbocycles. The minimum absolute atomic E-state index is 0.116. The van der Waals surface area contributed by atoms with Crippen molar-refractivity contribution in [2.75, 3.05) is 26.8 Å². The smallest absolute Gasteiger partial charge is 0.272 e. The number of methoxy groups -OCH3 is 1. The number of carbonyl (C=O) groups is 1. The Balaban J connectivity index is 1.74. The summed E-state index contributed by atoms with van der Waals surface area (Å²) in [7, 11) is -2.04. The fourth-order valence-electron chi connectivity index (χ4n) is 2.88. The van der Waals surface area contributed by atoms with Crippen LogP contribution in [0.2, 0.25) is 0 Å². The normalized spacial score (nSPS) is 14.1. The zero-order valence-electron chi connectivity index (χ0n) is 14.5.